The van der Waals surface area contributed by atoms with Crippen molar-refractivity contribution in [3.63, 3.8) is 0 Å². The molecular weight excluding hydrogens is 408 g/mol. The standard InChI is InChI=1S/C28H34N4O/c1-21-9-10-22(2)26(19-21)30-28(33)27(24-7-5-4-6-8-24)31(3)25-13-17-32(18-14-25)20-23-11-15-29-16-12-23/h4-12,15-16,19,25,27H,13-14,17-18,20H2,1-3H3,(H,30,33). The van der Waals surface area contributed by atoms with Crippen LogP contribution in [-0.2, 0) is 11.3 Å². The molecule has 5 nitrogen and oxygen atoms in total. The van der Waals surface area contributed by atoms with Crippen molar-refractivity contribution in [3.05, 3.63) is 95.3 Å². The molecular formula is C28H34N4O. The van der Waals surface area contributed by atoms with E-state index in [2.05, 4.69) is 70.5 Å². The highest BCUT2D eigenvalue weighted by Gasteiger charge is 2.32. The van der Waals surface area contributed by atoms with Gasteiger partial charge in [-0.2, -0.15) is 0 Å². The molecule has 1 aliphatic heterocycles. The molecule has 1 N–H and O–H groups in total. The Morgan fingerprint density at radius 3 is 2.45 bits per heavy atom. The summed E-state index contributed by atoms with van der Waals surface area (Å²) in [5, 5.41) is 3.21. The maximum atomic E-state index is 13.6. The molecule has 1 saturated heterocycles. The highest BCUT2D eigenvalue weighted by atomic mass is 16.2. The Morgan fingerprint density at radius 2 is 1.76 bits per heavy atom. The molecule has 172 valence electrons. The molecule has 0 bridgehead atoms. The normalized spacial score (nSPS) is 16.0. The van der Waals surface area contributed by atoms with E-state index < -0.39 is 0 Å². The van der Waals surface area contributed by atoms with Crippen LogP contribution in [0.25, 0.3) is 0 Å². The number of hydrogen-bond donors (Lipinski definition) is 1. The fraction of sp³-hybridized carbons (Fsp3) is 0.357. The number of anilines is 1. The highest BCUT2D eigenvalue weighted by molar-refractivity contribution is 5.96. The average Bonchev–Trinajstić information content (AvgIpc) is 2.83. The van der Waals surface area contributed by atoms with E-state index in [0.29, 0.717) is 6.04 Å². The molecule has 1 aliphatic rings. The third kappa shape index (κ3) is 5.86. The summed E-state index contributed by atoms with van der Waals surface area (Å²) in [5.74, 6) is 0.0246. The van der Waals surface area contributed by atoms with Crippen molar-refractivity contribution in [2.45, 2.75) is 45.3 Å². The Balaban J connectivity index is 1.47. The number of aryl methyl sites for hydroxylation is 2. The van der Waals surface area contributed by atoms with Gasteiger partial charge in [0.2, 0.25) is 5.91 Å². The fourth-order valence-corrected chi connectivity index (χ4v) is 4.72. The summed E-state index contributed by atoms with van der Waals surface area (Å²) < 4.78 is 0. The lowest BCUT2D eigenvalue weighted by Gasteiger charge is -2.40. The van der Waals surface area contributed by atoms with Crippen molar-refractivity contribution in [1.29, 1.82) is 0 Å². The van der Waals surface area contributed by atoms with Crippen LogP contribution in [0.15, 0.2) is 73.1 Å². The molecule has 1 atom stereocenters. The molecule has 1 aromatic heterocycles. The zero-order valence-electron chi connectivity index (χ0n) is 19.9. The lowest BCUT2D eigenvalue weighted by atomic mass is 9.97. The van der Waals surface area contributed by atoms with Crippen molar-refractivity contribution in [1.82, 2.24) is 14.8 Å². The Labute approximate surface area is 197 Å². The van der Waals surface area contributed by atoms with Crippen molar-refractivity contribution in [2.24, 2.45) is 0 Å². The minimum Gasteiger partial charge on any atom is -0.324 e. The van der Waals surface area contributed by atoms with Crippen molar-refractivity contribution < 1.29 is 4.79 Å². The molecule has 1 unspecified atom stereocenters. The van der Waals surface area contributed by atoms with Crippen LogP contribution in [0.3, 0.4) is 0 Å². The van der Waals surface area contributed by atoms with E-state index in [1.807, 2.05) is 43.6 Å². The maximum Gasteiger partial charge on any atom is 0.246 e. The summed E-state index contributed by atoms with van der Waals surface area (Å²) in [6, 6.07) is 20.5. The zero-order chi connectivity index (χ0) is 23.2. The van der Waals surface area contributed by atoms with E-state index in [-0.39, 0.29) is 11.9 Å². The van der Waals surface area contributed by atoms with Crippen molar-refractivity contribution >= 4 is 11.6 Å². The number of nitrogens with zero attached hydrogens (tertiary/aromatic N) is 3. The summed E-state index contributed by atoms with van der Waals surface area (Å²) in [7, 11) is 2.10. The molecule has 5 heteroatoms. The number of piperidine rings is 1. The van der Waals surface area contributed by atoms with Gasteiger partial charge >= 0.3 is 0 Å². The SMILES string of the molecule is Cc1ccc(C)c(NC(=O)C(c2ccccc2)N(C)C2CCN(Cc3ccncc3)CC2)c1. The Hall–Kier alpha value is -3.02. The molecule has 0 saturated carbocycles. The molecule has 1 amide bonds. The van der Waals surface area contributed by atoms with Gasteiger partial charge < -0.3 is 5.32 Å². The first-order valence-electron chi connectivity index (χ1n) is 11.8. The number of aromatic nitrogens is 1. The van der Waals surface area contributed by atoms with Gasteiger partial charge in [0.05, 0.1) is 0 Å². The van der Waals surface area contributed by atoms with Crippen LogP contribution in [0, 0.1) is 13.8 Å². The number of nitrogens with one attached hydrogen (secondary N) is 1. The second-order valence-electron chi connectivity index (χ2n) is 9.15. The van der Waals surface area contributed by atoms with Crippen LogP contribution in [0.5, 0.6) is 0 Å². The zero-order valence-corrected chi connectivity index (χ0v) is 19.9. The minimum atomic E-state index is -0.331. The maximum absolute atomic E-state index is 13.6. The van der Waals surface area contributed by atoms with E-state index in [4.69, 9.17) is 0 Å². The van der Waals surface area contributed by atoms with Gasteiger partial charge in [-0.3, -0.25) is 19.6 Å². The Kier molecular flexibility index (Phi) is 7.53. The molecule has 0 radical (unpaired) electrons. The molecule has 0 spiro atoms. The van der Waals surface area contributed by atoms with Crippen LogP contribution in [0.2, 0.25) is 0 Å². The number of benzene rings is 2. The van der Waals surface area contributed by atoms with Gasteiger partial charge in [0.1, 0.15) is 6.04 Å². The Morgan fingerprint density at radius 1 is 1.06 bits per heavy atom. The fourth-order valence-electron chi connectivity index (χ4n) is 4.72. The number of carbonyl (C=O) groups excluding carboxylic acids is 1. The van der Waals surface area contributed by atoms with Crippen molar-refractivity contribution in [2.75, 3.05) is 25.5 Å². The molecule has 1 fully saturated rings. The monoisotopic (exact) mass is 442 g/mol. The van der Waals surface area contributed by atoms with Gasteiger partial charge in [0.25, 0.3) is 0 Å². The molecule has 0 aliphatic carbocycles. The van der Waals surface area contributed by atoms with Crippen molar-refractivity contribution in [3.8, 4) is 0 Å². The van der Waals surface area contributed by atoms with Gasteiger partial charge in [0.15, 0.2) is 0 Å². The first-order valence-corrected chi connectivity index (χ1v) is 11.8. The predicted octanol–water partition coefficient (Wildman–Crippen LogP) is 4.97. The van der Waals surface area contributed by atoms with Crippen LogP contribution >= 0.6 is 0 Å². The first kappa shape index (κ1) is 23.1. The summed E-state index contributed by atoms with van der Waals surface area (Å²) in [6.07, 6.45) is 5.80. The third-order valence-electron chi connectivity index (χ3n) is 6.71. The van der Waals surface area contributed by atoms with E-state index >= 15 is 0 Å². The van der Waals surface area contributed by atoms with Crippen LogP contribution in [0.1, 0.15) is 41.1 Å². The minimum absolute atomic E-state index is 0.0246. The average molecular weight is 443 g/mol. The topological polar surface area (TPSA) is 48.5 Å². The van der Waals surface area contributed by atoms with E-state index in [9.17, 15) is 4.79 Å². The van der Waals surface area contributed by atoms with Gasteiger partial charge in [0, 0.05) is 30.7 Å². The molecule has 2 aromatic carbocycles. The molecule has 4 rings (SSSR count). The number of pyridine rings is 1. The third-order valence-corrected chi connectivity index (χ3v) is 6.71. The van der Waals surface area contributed by atoms with Crippen LogP contribution < -0.4 is 5.32 Å². The smallest absolute Gasteiger partial charge is 0.246 e. The molecule has 2 heterocycles. The Bertz CT molecular complexity index is 1050. The van der Waals surface area contributed by atoms with Gasteiger partial charge in [-0.1, -0.05) is 42.5 Å². The summed E-state index contributed by atoms with van der Waals surface area (Å²) >= 11 is 0. The van der Waals surface area contributed by atoms with Gasteiger partial charge in [-0.05, 0) is 87.3 Å². The quantitative estimate of drug-likeness (QED) is 0.561. The first-order chi connectivity index (χ1) is 16.0. The lowest BCUT2D eigenvalue weighted by molar-refractivity contribution is -0.122. The van der Waals surface area contributed by atoms with E-state index in [0.717, 1.165) is 54.9 Å². The number of amides is 1. The number of hydrogen-bond acceptors (Lipinski definition) is 4. The van der Waals surface area contributed by atoms with Gasteiger partial charge in [-0.25, -0.2) is 0 Å². The number of rotatable bonds is 7. The number of carbonyl (C=O) groups is 1. The second-order valence-corrected chi connectivity index (χ2v) is 9.15. The largest absolute Gasteiger partial charge is 0.324 e. The molecule has 33 heavy (non-hydrogen) atoms. The summed E-state index contributed by atoms with van der Waals surface area (Å²) in [4.78, 5) is 22.5. The summed E-state index contributed by atoms with van der Waals surface area (Å²) in [5.41, 5.74) is 5.44. The van der Waals surface area contributed by atoms with E-state index in [1.54, 1.807) is 0 Å². The van der Waals surface area contributed by atoms with Crippen LogP contribution in [-0.4, -0.2) is 46.9 Å². The predicted molar refractivity (Wildman–Crippen MR) is 134 cm³/mol. The molecule has 3 aromatic rings. The second kappa shape index (κ2) is 10.7. The van der Waals surface area contributed by atoms with E-state index in [1.165, 1.54) is 5.56 Å². The van der Waals surface area contributed by atoms with Crippen LogP contribution in [0.4, 0.5) is 5.69 Å². The highest BCUT2D eigenvalue weighted by Crippen LogP contribution is 2.29. The summed E-state index contributed by atoms with van der Waals surface area (Å²) in [6.45, 7) is 7.09. The number of likely N-dealkylation sites (tertiary alicyclic amines) is 1. The lowest BCUT2D eigenvalue weighted by Crippen LogP contribution is -2.47. The van der Waals surface area contributed by atoms with Gasteiger partial charge in [-0.15, -0.1) is 0 Å². The number of likely N-dealkylation sites (N-methyl/N-ethyl adjacent to an activating group) is 1.